The zero-order valence-electron chi connectivity index (χ0n) is 11.8. The molecule has 0 aliphatic carbocycles. The number of hydrogen-bond acceptors (Lipinski definition) is 3. The highest BCUT2D eigenvalue weighted by Crippen LogP contribution is 1.96. The van der Waals surface area contributed by atoms with Crippen molar-refractivity contribution in [2.24, 2.45) is 5.92 Å². The highest BCUT2D eigenvalue weighted by atomic mass is 16.4. The van der Waals surface area contributed by atoms with Gasteiger partial charge in [0, 0.05) is 19.6 Å². The summed E-state index contributed by atoms with van der Waals surface area (Å²) >= 11 is 0. The molecule has 0 aromatic carbocycles. The molecular formula is C12H25N3O3. The Labute approximate surface area is 109 Å². The molecule has 18 heavy (non-hydrogen) atoms. The molecule has 2 amide bonds. The average molecular weight is 259 g/mol. The molecule has 6 heteroatoms. The second-order valence-electron chi connectivity index (χ2n) is 4.66. The lowest BCUT2D eigenvalue weighted by atomic mass is 10.2. The molecule has 0 aromatic heterocycles. The number of hydrogen-bond donors (Lipinski definition) is 2. The summed E-state index contributed by atoms with van der Waals surface area (Å²) in [5, 5.41) is 11.4. The molecule has 6 nitrogen and oxygen atoms in total. The summed E-state index contributed by atoms with van der Waals surface area (Å²) in [6.45, 7) is 5.89. The molecule has 1 unspecified atom stereocenters. The number of amides is 2. The molecule has 2 N–H and O–H groups in total. The molecule has 0 aliphatic rings. The molecule has 106 valence electrons. The molecule has 0 bridgehead atoms. The van der Waals surface area contributed by atoms with Crippen LogP contribution in [0.2, 0.25) is 0 Å². The number of urea groups is 1. The first-order valence-corrected chi connectivity index (χ1v) is 6.28. The summed E-state index contributed by atoms with van der Waals surface area (Å²) in [7, 11) is 3.98. The van der Waals surface area contributed by atoms with Crippen molar-refractivity contribution in [2.75, 3.05) is 40.3 Å². The highest BCUT2D eigenvalue weighted by molar-refractivity contribution is 5.75. The molecule has 0 saturated heterocycles. The van der Waals surface area contributed by atoms with Gasteiger partial charge in [0.05, 0.1) is 5.92 Å². The Bertz CT molecular complexity index is 269. The minimum atomic E-state index is -0.897. The number of nitrogens with zero attached hydrogens (tertiary/aromatic N) is 2. The van der Waals surface area contributed by atoms with E-state index in [4.69, 9.17) is 5.11 Å². The number of nitrogens with one attached hydrogen (secondary N) is 1. The number of carboxylic acid groups (broad SMARTS) is 1. The van der Waals surface area contributed by atoms with E-state index in [1.807, 2.05) is 21.0 Å². The first-order chi connectivity index (χ1) is 8.38. The lowest BCUT2D eigenvalue weighted by Gasteiger charge is -2.22. The molecule has 0 saturated carbocycles. The lowest BCUT2D eigenvalue weighted by Crippen LogP contribution is -2.43. The number of carbonyl (C=O) groups is 2. The number of aliphatic carboxylic acids is 1. The Morgan fingerprint density at radius 3 is 2.33 bits per heavy atom. The zero-order valence-corrected chi connectivity index (χ0v) is 11.8. The molecule has 0 fully saturated rings. The van der Waals surface area contributed by atoms with Crippen LogP contribution < -0.4 is 5.32 Å². The van der Waals surface area contributed by atoms with E-state index in [0.29, 0.717) is 13.1 Å². The summed E-state index contributed by atoms with van der Waals surface area (Å²) in [4.78, 5) is 26.2. The third-order valence-electron chi connectivity index (χ3n) is 2.68. The maximum Gasteiger partial charge on any atom is 0.317 e. The SMILES string of the molecule is CCN(CCCN(C)C)C(=O)NCC(C)C(=O)O. The number of carbonyl (C=O) groups excluding carboxylic acids is 1. The van der Waals surface area contributed by atoms with Crippen LogP contribution in [-0.2, 0) is 4.79 Å². The van der Waals surface area contributed by atoms with Gasteiger partial charge in [0.2, 0.25) is 0 Å². The van der Waals surface area contributed by atoms with E-state index >= 15 is 0 Å². The van der Waals surface area contributed by atoms with Crippen molar-refractivity contribution in [1.29, 1.82) is 0 Å². The van der Waals surface area contributed by atoms with Gasteiger partial charge in [0.15, 0.2) is 0 Å². The molecule has 0 radical (unpaired) electrons. The minimum absolute atomic E-state index is 0.165. The standard InChI is InChI=1S/C12H25N3O3/c1-5-15(8-6-7-14(3)4)12(18)13-9-10(2)11(16)17/h10H,5-9H2,1-4H3,(H,13,18)(H,16,17). The Kier molecular flexibility index (Phi) is 8.11. The first-order valence-electron chi connectivity index (χ1n) is 6.28. The summed E-state index contributed by atoms with van der Waals surface area (Å²) in [6, 6.07) is -0.190. The third-order valence-corrected chi connectivity index (χ3v) is 2.68. The quantitative estimate of drug-likeness (QED) is 0.672. The van der Waals surface area contributed by atoms with Crippen molar-refractivity contribution in [3.05, 3.63) is 0 Å². The Morgan fingerprint density at radius 2 is 1.89 bits per heavy atom. The van der Waals surface area contributed by atoms with Gasteiger partial charge in [-0.2, -0.15) is 0 Å². The van der Waals surface area contributed by atoms with Gasteiger partial charge < -0.3 is 20.2 Å². The minimum Gasteiger partial charge on any atom is -0.481 e. The van der Waals surface area contributed by atoms with Crippen LogP contribution in [0.4, 0.5) is 4.79 Å². The largest absolute Gasteiger partial charge is 0.481 e. The van der Waals surface area contributed by atoms with Crippen molar-refractivity contribution in [2.45, 2.75) is 20.3 Å². The predicted octanol–water partition coefficient (Wildman–Crippen LogP) is 0.690. The molecular weight excluding hydrogens is 234 g/mol. The van der Waals surface area contributed by atoms with Crippen LogP contribution >= 0.6 is 0 Å². The summed E-state index contributed by atoms with van der Waals surface area (Å²) in [5.74, 6) is -1.46. The fourth-order valence-corrected chi connectivity index (χ4v) is 1.42. The van der Waals surface area contributed by atoms with E-state index in [2.05, 4.69) is 10.2 Å². The van der Waals surface area contributed by atoms with E-state index in [1.54, 1.807) is 11.8 Å². The third kappa shape index (κ3) is 7.11. The van der Waals surface area contributed by atoms with Gasteiger partial charge in [-0.25, -0.2) is 4.79 Å². The van der Waals surface area contributed by atoms with E-state index in [-0.39, 0.29) is 12.6 Å². The van der Waals surface area contributed by atoms with E-state index in [9.17, 15) is 9.59 Å². The zero-order chi connectivity index (χ0) is 14.1. The molecule has 0 spiro atoms. The first kappa shape index (κ1) is 16.7. The number of rotatable bonds is 8. The molecule has 0 rings (SSSR count). The second kappa shape index (κ2) is 8.74. The van der Waals surface area contributed by atoms with Gasteiger partial charge in [-0.1, -0.05) is 6.92 Å². The van der Waals surface area contributed by atoms with Gasteiger partial charge in [-0.05, 0) is 34.0 Å². The molecule has 0 aromatic rings. The van der Waals surface area contributed by atoms with E-state index in [0.717, 1.165) is 13.0 Å². The Hall–Kier alpha value is -1.30. The van der Waals surface area contributed by atoms with E-state index < -0.39 is 11.9 Å². The summed E-state index contributed by atoms with van der Waals surface area (Å²) in [5.41, 5.74) is 0. The van der Waals surface area contributed by atoms with Crippen molar-refractivity contribution in [1.82, 2.24) is 15.1 Å². The van der Waals surface area contributed by atoms with Crippen LogP contribution in [-0.4, -0.2) is 67.2 Å². The van der Waals surface area contributed by atoms with Crippen LogP contribution in [0.5, 0.6) is 0 Å². The predicted molar refractivity (Wildman–Crippen MR) is 70.6 cm³/mol. The van der Waals surface area contributed by atoms with Crippen LogP contribution in [0.15, 0.2) is 0 Å². The fraction of sp³-hybridized carbons (Fsp3) is 0.833. The highest BCUT2D eigenvalue weighted by Gasteiger charge is 2.15. The second-order valence-corrected chi connectivity index (χ2v) is 4.66. The molecule has 0 heterocycles. The van der Waals surface area contributed by atoms with Crippen molar-refractivity contribution < 1.29 is 14.7 Å². The van der Waals surface area contributed by atoms with Crippen LogP contribution in [0.25, 0.3) is 0 Å². The summed E-state index contributed by atoms with van der Waals surface area (Å²) < 4.78 is 0. The van der Waals surface area contributed by atoms with Crippen molar-refractivity contribution in [3.63, 3.8) is 0 Å². The monoisotopic (exact) mass is 259 g/mol. The molecule has 0 aliphatic heterocycles. The van der Waals surface area contributed by atoms with Crippen LogP contribution in [0, 0.1) is 5.92 Å². The van der Waals surface area contributed by atoms with Crippen LogP contribution in [0.3, 0.4) is 0 Å². The van der Waals surface area contributed by atoms with Crippen molar-refractivity contribution >= 4 is 12.0 Å². The normalized spacial score (nSPS) is 12.3. The lowest BCUT2D eigenvalue weighted by molar-refractivity contribution is -0.140. The topological polar surface area (TPSA) is 72.9 Å². The van der Waals surface area contributed by atoms with Gasteiger partial charge in [-0.15, -0.1) is 0 Å². The number of carboxylic acids is 1. The van der Waals surface area contributed by atoms with Gasteiger partial charge in [0.25, 0.3) is 0 Å². The fourth-order valence-electron chi connectivity index (χ4n) is 1.42. The van der Waals surface area contributed by atoms with E-state index in [1.165, 1.54) is 0 Å². The van der Waals surface area contributed by atoms with Crippen molar-refractivity contribution in [3.8, 4) is 0 Å². The summed E-state index contributed by atoms with van der Waals surface area (Å²) in [6.07, 6.45) is 0.906. The smallest absolute Gasteiger partial charge is 0.317 e. The average Bonchev–Trinajstić information content (AvgIpc) is 2.30. The van der Waals surface area contributed by atoms with Gasteiger partial charge in [-0.3, -0.25) is 4.79 Å². The maximum atomic E-state index is 11.8. The van der Waals surface area contributed by atoms with Crippen LogP contribution in [0.1, 0.15) is 20.3 Å². The Morgan fingerprint density at radius 1 is 1.28 bits per heavy atom. The van der Waals surface area contributed by atoms with Gasteiger partial charge in [0.1, 0.15) is 0 Å². The van der Waals surface area contributed by atoms with Gasteiger partial charge >= 0.3 is 12.0 Å². The molecule has 1 atom stereocenters. The Balaban J connectivity index is 3.99. The maximum absolute atomic E-state index is 11.8.